The molecule has 0 bridgehead atoms. The lowest BCUT2D eigenvalue weighted by Gasteiger charge is -2.25. The van der Waals surface area contributed by atoms with Crippen molar-refractivity contribution in [3.63, 3.8) is 0 Å². The van der Waals surface area contributed by atoms with Gasteiger partial charge in [0.1, 0.15) is 0 Å². The molecular weight excluding hydrogens is 410 g/mol. The highest BCUT2D eigenvalue weighted by molar-refractivity contribution is 6.39. The van der Waals surface area contributed by atoms with E-state index in [4.69, 9.17) is 56.4 Å². The Bertz CT molecular complexity index is 723. The molecule has 1 saturated carbocycles. The second kappa shape index (κ2) is 9.23. The standard InChI is InChI=1S/C20H18Cl4N2/c21-15-5-3-6-16(22)13(15)11-25-19-9-1-2-10-20(19)26-12-14-17(23)7-4-8-18(14)24/h3-8,11-12,19-20H,1-2,9-10H2/t19-,20-/m1/s1. The lowest BCUT2D eigenvalue weighted by atomic mass is 9.91. The second-order valence-electron chi connectivity index (χ2n) is 6.25. The van der Waals surface area contributed by atoms with Crippen molar-refractivity contribution in [1.82, 2.24) is 0 Å². The van der Waals surface area contributed by atoms with Gasteiger partial charge in [0, 0.05) is 23.6 Å². The van der Waals surface area contributed by atoms with Crippen molar-refractivity contribution in [3.8, 4) is 0 Å². The minimum Gasteiger partial charge on any atom is -0.287 e. The maximum absolute atomic E-state index is 6.23. The van der Waals surface area contributed by atoms with Crippen LogP contribution < -0.4 is 0 Å². The first-order valence-corrected chi connectivity index (χ1v) is 10.0. The van der Waals surface area contributed by atoms with Crippen molar-refractivity contribution in [2.75, 3.05) is 0 Å². The van der Waals surface area contributed by atoms with Gasteiger partial charge >= 0.3 is 0 Å². The Balaban J connectivity index is 1.80. The smallest absolute Gasteiger partial charge is 0.0723 e. The molecule has 0 aromatic heterocycles. The molecule has 0 heterocycles. The SMILES string of the molecule is Clc1cccc(Cl)c1C=N[C@@H]1CCCC[C@H]1N=Cc1c(Cl)cccc1Cl. The van der Waals surface area contributed by atoms with Gasteiger partial charge in [-0.25, -0.2) is 0 Å². The summed E-state index contributed by atoms with van der Waals surface area (Å²) in [6, 6.07) is 11.1. The van der Waals surface area contributed by atoms with E-state index in [1.54, 1.807) is 12.4 Å². The predicted molar refractivity (Wildman–Crippen MR) is 114 cm³/mol. The average Bonchev–Trinajstić information content (AvgIpc) is 2.62. The zero-order chi connectivity index (χ0) is 18.5. The Labute approximate surface area is 173 Å². The largest absolute Gasteiger partial charge is 0.287 e. The molecular formula is C20H18Cl4N2. The van der Waals surface area contributed by atoms with Crippen LogP contribution in [0.1, 0.15) is 36.8 Å². The fourth-order valence-corrected chi connectivity index (χ4v) is 4.04. The first-order chi connectivity index (χ1) is 12.6. The summed E-state index contributed by atoms with van der Waals surface area (Å²) in [6.45, 7) is 0. The monoisotopic (exact) mass is 426 g/mol. The highest BCUT2D eigenvalue weighted by atomic mass is 35.5. The van der Waals surface area contributed by atoms with Gasteiger partial charge in [-0.15, -0.1) is 0 Å². The molecule has 2 aromatic rings. The highest BCUT2D eigenvalue weighted by Gasteiger charge is 2.23. The van der Waals surface area contributed by atoms with E-state index in [2.05, 4.69) is 0 Å². The third-order valence-electron chi connectivity index (χ3n) is 4.48. The minimum atomic E-state index is 0.0913. The quantitative estimate of drug-likeness (QED) is 0.462. The van der Waals surface area contributed by atoms with E-state index >= 15 is 0 Å². The third-order valence-corrected chi connectivity index (χ3v) is 5.80. The van der Waals surface area contributed by atoms with Crippen LogP contribution in [0.4, 0.5) is 0 Å². The van der Waals surface area contributed by atoms with Crippen LogP contribution in [-0.4, -0.2) is 24.5 Å². The minimum absolute atomic E-state index is 0.0913. The van der Waals surface area contributed by atoms with Crippen LogP contribution in [-0.2, 0) is 0 Å². The van der Waals surface area contributed by atoms with Gasteiger partial charge in [0.15, 0.2) is 0 Å². The molecule has 0 saturated heterocycles. The first-order valence-electron chi connectivity index (χ1n) is 8.50. The van der Waals surface area contributed by atoms with Crippen LogP contribution in [0.15, 0.2) is 46.4 Å². The number of rotatable bonds is 4. The van der Waals surface area contributed by atoms with Crippen molar-refractivity contribution in [3.05, 3.63) is 67.6 Å². The van der Waals surface area contributed by atoms with E-state index in [0.717, 1.165) is 36.8 Å². The molecule has 6 heteroatoms. The number of nitrogens with zero attached hydrogens (tertiary/aromatic N) is 2. The Morgan fingerprint density at radius 1 is 0.654 bits per heavy atom. The Morgan fingerprint density at radius 2 is 1.00 bits per heavy atom. The normalized spacial score (nSPS) is 20.9. The zero-order valence-corrected chi connectivity index (χ0v) is 17.0. The zero-order valence-electron chi connectivity index (χ0n) is 14.0. The average molecular weight is 428 g/mol. The first kappa shape index (κ1) is 19.7. The molecule has 1 aliphatic rings. The summed E-state index contributed by atoms with van der Waals surface area (Å²) in [5.41, 5.74) is 1.50. The lowest BCUT2D eigenvalue weighted by molar-refractivity contribution is 0.390. The molecule has 2 nitrogen and oxygen atoms in total. The summed E-state index contributed by atoms with van der Waals surface area (Å²) < 4.78 is 0. The summed E-state index contributed by atoms with van der Waals surface area (Å²) in [6.07, 6.45) is 7.78. The van der Waals surface area contributed by atoms with Gasteiger partial charge in [0.2, 0.25) is 0 Å². The topological polar surface area (TPSA) is 24.7 Å². The van der Waals surface area contributed by atoms with E-state index < -0.39 is 0 Å². The molecule has 0 radical (unpaired) electrons. The van der Waals surface area contributed by atoms with Crippen LogP contribution in [0.3, 0.4) is 0 Å². The molecule has 0 spiro atoms. The number of hydrogen-bond donors (Lipinski definition) is 0. The van der Waals surface area contributed by atoms with E-state index in [1.165, 1.54) is 0 Å². The van der Waals surface area contributed by atoms with Gasteiger partial charge in [0.05, 0.1) is 32.2 Å². The van der Waals surface area contributed by atoms with Gasteiger partial charge in [-0.1, -0.05) is 71.4 Å². The van der Waals surface area contributed by atoms with Gasteiger partial charge in [-0.3, -0.25) is 9.98 Å². The number of benzene rings is 2. The molecule has 136 valence electrons. The Morgan fingerprint density at radius 3 is 1.35 bits per heavy atom. The van der Waals surface area contributed by atoms with Gasteiger partial charge in [0.25, 0.3) is 0 Å². The van der Waals surface area contributed by atoms with Gasteiger partial charge < -0.3 is 0 Å². The maximum Gasteiger partial charge on any atom is 0.0723 e. The summed E-state index contributed by atoms with van der Waals surface area (Å²) >= 11 is 24.9. The van der Waals surface area contributed by atoms with E-state index in [9.17, 15) is 0 Å². The maximum atomic E-state index is 6.23. The van der Waals surface area contributed by atoms with Gasteiger partial charge in [-0.05, 0) is 37.1 Å². The van der Waals surface area contributed by atoms with E-state index in [-0.39, 0.29) is 12.1 Å². The summed E-state index contributed by atoms with van der Waals surface area (Å²) in [5, 5.41) is 2.39. The highest BCUT2D eigenvalue weighted by Crippen LogP contribution is 2.27. The predicted octanol–water partition coefficient (Wildman–Crippen LogP) is 7.15. The van der Waals surface area contributed by atoms with E-state index in [1.807, 2.05) is 36.4 Å². The molecule has 2 atom stereocenters. The molecule has 0 unspecified atom stereocenters. The van der Waals surface area contributed by atoms with Crippen molar-refractivity contribution in [1.29, 1.82) is 0 Å². The second-order valence-corrected chi connectivity index (χ2v) is 7.87. The summed E-state index contributed by atoms with van der Waals surface area (Å²) in [7, 11) is 0. The van der Waals surface area contributed by atoms with Crippen LogP contribution in [0, 0.1) is 0 Å². The van der Waals surface area contributed by atoms with Crippen LogP contribution in [0.25, 0.3) is 0 Å². The van der Waals surface area contributed by atoms with Crippen molar-refractivity contribution >= 4 is 58.8 Å². The lowest BCUT2D eigenvalue weighted by Crippen LogP contribution is -2.27. The fourth-order valence-electron chi connectivity index (χ4n) is 3.05. The van der Waals surface area contributed by atoms with Crippen molar-refractivity contribution in [2.45, 2.75) is 37.8 Å². The molecule has 3 rings (SSSR count). The number of aliphatic imine (C=N–C) groups is 2. The fraction of sp³-hybridized carbons (Fsp3) is 0.300. The molecule has 0 amide bonds. The van der Waals surface area contributed by atoms with E-state index in [0.29, 0.717) is 20.1 Å². The molecule has 2 aromatic carbocycles. The third kappa shape index (κ3) is 4.80. The van der Waals surface area contributed by atoms with Crippen LogP contribution in [0.5, 0.6) is 0 Å². The van der Waals surface area contributed by atoms with Crippen LogP contribution >= 0.6 is 46.4 Å². The summed E-state index contributed by atoms with van der Waals surface area (Å²) in [4.78, 5) is 9.48. The number of halogens is 4. The van der Waals surface area contributed by atoms with Crippen LogP contribution in [0.2, 0.25) is 20.1 Å². The van der Waals surface area contributed by atoms with Gasteiger partial charge in [-0.2, -0.15) is 0 Å². The Kier molecular flexibility index (Phi) is 6.99. The Hall–Kier alpha value is -1.06. The summed E-state index contributed by atoms with van der Waals surface area (Å²) in [5.74, 6) is 0. The van der Waals surface area contributed by atoms with Crippen molar-refractivity contribution in [2.24, 2.45) is 9.98 Å². The molecule has 1 aliphatic carbocycles. The van der Waals surface area contributed by atoms with Crippen molar-refractivity contribution < 1.29 is 0 Å². The molecule has 1 fully saturated rings. The molecule has 0 N–H and O–H groups in total. The molecule has 26 heavy (non-hydrogen) atoms. The number of hydrogen-bond acceptors (Lipinski definition) is 2. The molecule has 0 aliphatic heterocycles.